The van der Waals surface area contributed by atoms with Gasteiger partial charge in [-0.05, 0) is 41.6 Å². The van der Waals surface area contributed by atoms with Crippen molar-refractivity contribution in [3.05, 3.63) is 129 Å². The largest absolute Gasteiger partial charge is 0.374 e. The standard InChI is InChI=1S/C37H44N6O9/c1-37(2)48-23-28-31(52-37)29(40-42-38)30(41-43-39)35(49-28)51-32-27(22-45-19-24-13-7-4-8-14-24)50-36(44-3)34(47-21-26-17-11-6-12-18-26)33(32)46-20-25-15-9-5-10-16-25/h4-18,27-36H,19-23H2,1-3H3/t27-,28-,29-,30+,31-,32-,33+,34-,35+,36+/m1/s1. The average Bonchev–Trinajstić information content (AvgIpc) is 3.16. The number of nitrogens with zero attached hydrogens (tertiary/aromatic N) is 6. The minimum atomic E-state index is -1.23. The van der Waals surface area contributed by atoms with Crippen molar-refractivity contribution in [3.8, 4) is 0 Å². The summed E-state index contributed by atoms with van der Waals surface area (Å²) in [7, 11) is 1.54. The maximum absolute atomic E-state index is 9.69. The number of methoxy groups -OCH3 is 1. The van der Waals surface area contributed by atoms with E-state index in [-0.39, 0.29) is 26.4 Å². The molecule has 3 aliphatic rings. The zero-order chi connectivity index (χ0) is 36.3. The molecule has 0 unspecified atom stereocenters. The summed E-state index contributed by atoms with van der Waals surface area (Å²) in [4.78, 5) is 6.14. The molecule has 3 aromatic carbocycles. The molecular formula is C37H44N6O9. The third-order valence-electron chi connectivity index (χ3n) is 9.10. The average molecular weight is 717 g/mol. The number of fused-ring (bicyclic) bond motifs is 1. The second kappa shape index (κ2) is 18.1. The molecule has 15 nitrogen and oxygen atoms in total. The molecule has 0 radical (unpaired) electrons. The van der Waals surface area contributed by atoms with Crippen molar-refractivity contribution in [2.45, 2.75) is 101 Å². The Morgan fingerprint density at radius 2 is 1.27 bits per heavy atom. The predicted octanol–water partition coefficient (Wildman–Crippen LogP) is 6.36. The van der Waals surface area contributed by atoms with Crippen LogP contribution in [0, 0.1) is 0 Å². The second-order valence-corrected chi connectivity index (χ2v) is 13.1. The summed E-state index contributed by atoms with van der Waals surface area (Å²) in [5, 5.41) is 8.04. The summed E-state index contributed by atoms with van der Waals surface area (Å²) in [5.74, 6) is -0.990. The molecule has 3 saturated heterocycles. The monoisotopic (exact) mass is 716 g/mol. The highest BCUT2D eigenvalue weighted by Gasteiger charge is 2.55. The van der Waals surface area contributed by atoms with Gasteiger partial charge < -0.3 is 42.6 Å². The van der Waals surface area contributed by atoms with Gasteiger partial charge in [0.25, 0.3) is 0 Å². The molecular weight excluding hydrogens is 672 g/mol. The summed E-state index contributed by atoms with van der Waals surface area (Å²) >= 11 is 0. The molecule has 3 fully saturated rings. The van der Waals surface area contributed by atoms with Gasteiger partial charge in [-0.1, -0.05) is 101 Å². The van der Waals surface area contributed by atoms with Gasteiger partial charge in [0.05, 0.1) is 51.2 Å². The van der Waals surface area contributed by atoms with Crippen LogP contribution in [0.5, 0.6) is 0 Å². The smallest absolute Gasteiger partial charge is 0.186 e. The first-order valence-corrected chi connectivity index (χ1v) is 17.2. The summed E-state index contributed by atoms with van der Waals surface area (Å²) in [6.45, 7) is 4.43. The Morgan fingerprint density at radius 1 is 0.712 bits per heavy atom. The fraction of sp³-hybridized carbons (Fsp3) is 0.514. The molecule has 3 aromatic rings. The third kappa shape index (κ3) is 9.47. The highest BCUT2D eigenvalue weighted by Crippen LogP contribution is 2.38. The number of benzene rings is 3. The number of ether oxygens (including phenoxy) is 9. The predicted molar refractivity (Wildman–Crippen MR) is 186 cm³/mol. The van der Waals surface area contributed by atoms with E-state index in [0.717, 1.165) is 16.7 Å². The van der Waals surface area contributed by atoms with Gasteiger partial charge in [0.1, 0.15) is 30.5 Å². The molecule has 0 bridgehead atoms. The van der Waals surface area contributed by atoms with Crippen molar-refractivity contribution >= 4 is 0 Å². The van der Waals surface area contributed by atoms with Crippen LogP contribution in [-0.4, -0.2) is 87.4 Å². The molecule has 15 heteroatoms. The van der Waals surface area contributed by atoms with E-state index in [9.17, 15) is 11.1 Å². The van der Waals surface area contributed by atoms with Gasteiger partial charge in [-0.3, -0.25) is 0 Å². The van der Waals surface area contributed by atoms with Crippen molar-refractivity contribution in [1.82, 2.24) is 0 Å². The van der Waals surface area contributed by atoms with Crippen molar-refractivity contribution in [2.24, 2.45) is 10.2 Å². The number of rotatable bonds is 15. The number of azide groups is 2. The third-order valence-corrected chi connectivity index (χ3v) is 9.10. The Kier molecular flexibility index (Phi) is 13.1. The van der Waals surface area contributed by atoms with Crippen LogP contribution in [0.2, 0.25) is 0 Å². The van der Waals surface area contributed by atoms with Gasteiger partial charge in [0, 0.05) is 16.9 Å². The summed E-state index contributed by atoms with van der Waals surface area (Å²) in [6.07, 6.45) is -6.93. The lowest BCUT2D eigenvalue weighted by molar-refractivity contribution is -0.377. The lowest BCUT2D eigenvalue weighted by Gasteiger charge is -2.51. The van der Waals surface area contributed by atoms with E-state index in [1.807, 2.05) is 91.0 Å². The van der Waals surface area contributed by atoms with E-state index in [4.69, 9.17) is 42.6 Å². The topological polar surface area (TPSA) is 181 Å². The molecule has 52 heavy (non-hydrogen) atoms. The first kappa shape index (κ1) is 37.7. The van der Waals surface area contributed by atoms with Crippen molar-refractivity contribution in [3.63, 3.8) is 0 Å². The number of hydrogen-bond donors (Lipinski definition) is 0. The van der Waals surface area contributed by atoms with E-state index >= 15 is 0 Å². The van der Waals surface area contributed by atoms with Gasteiger partial charge in [-0.25, -0.2) is 0 Å². The van der Waals surface area contributed by atoms with Crippen LogP contribution in [0.25, 0.3) is 20.9 Å². The molecule has 0 N–H and O–H groups in total. The van der Waals surface area contributed by atoms with Gasteiger partial charge in [0.15, 0.2) is 18.4 Å². The van der Waals surface area contributed by atoms with Crippen molar-refractivity contribution in [2.75, 3.05) is 20.3 Å². The Balaban J connectivity index is 1.34. The van der Waals surface area contributed by atoms with Crippen LogP contribution in [0.3, 0.4) is 0 Å². The Labute approximate surface area is 302 Å². The van der Waals surface area contributed by atoms with Gasteiger partial charge in [-0.15, -0.1) is 0 Å². The second-order valence-electron chi connectivity index (χ2n) is 13.1. The SMILES string of the molecule is CO[C@H]1O[C@H](COCc2ccccc2)[C@@H](O[C@@H]2O[C@@H]3COC(C)(C)O[C@H]3[C@H](N=[N+]=[N-])[C@@H]2N=[N+]=[N-])[C@H](OCc2ccccc2)[C@H]1OCc1ccccc1. The van der Waals surface area contributed by atoms with Gasteiger partial charge in [-0.2, -0.15) is 0 Å². The van der Waals surface area contributed by atoms with Gasteiger partial charge >= 0.3 is 0 Å². The molecule has 3 heterocycles. The number of hydrogen-bond acceptors (Lipinski definition) is 11. The molecule has 10 atom stereocenters. The molecule has 0 amide bonds. The Morgan fingerprint density at radius 3 is 1.85 bits per heavy atom. The normalized spacial score (nSPS) is 31.1. The van der Waals surface area contributed by atoms with E-state index in [0.29, 0.717) is 6.61 Å². The quantitative estimate of drug-likeness (QED) is 0.0982. The van der Waals surface area contributed by atoms with Crippen LogP contribution >= 0.6 is 0 Å². The molecule has 0 aromatic heterocycles. The van der Waals surface area contributed by atoms with Crippen LogP contribution in [0.15, 0.2) is 101 Å². The summed E-state index contributed by atoms with van der Waals surface area (Å²) in [6, 6.07) is 27.1. The Bertz CT molecular complexity index is 1650. The first-order valence-electron chi connectivity index (χ1n) is 17.2. The fourth-order valence-electron chi connectivity index (χ4n) is 6.61. The summed E-state index contributed by atoms with van der Waals surface area (Å²) in [5.41, 5.74) is 22.1. The maximum Gasteiger partial charge on any atom is 0.186 e. The first-order chi connectivity index (χ1) is 25.4. The highest BCUT2D eigenvalue weighted by molar-refractivity contribution is 5.15. The molecule has 0 spiro atoms. The van der Waals surface area contributed by atoms with E-state index < -0.39 is 67.1 Å². The zero-order valence-electron chi connectivity index (χ0n) is 29.3. The van der Waals surface area contributed by atoms with E-state index in [1.54, 1.807) is 13.8 Å². The molecule has 0 aliphatic carbocycles. The van der Waals surface area contributed by atoms with Crippen LogP contribution in [0.4, 0.5) is 0 Å². The highest BCUT2D eigenvalue weighted by atomic mass is 16.8. The van der Waals surface area contributed by atoms with Crippen LogP contribution < -0.4 is 0 Å². The minimum absolute atomic E-state index is 0.0706. The van der Waals surface area contributed by atoms with Crippen LogP contribution in [0.1, 0.15) is 30.5 Å². The van der Waals surface area contributed by atoms with Crippen LogP contribution in [-0.2, 0) is 62.5 Å². The lowest BCUT2D eigenvalue weighted by Crippen LogP contribution is -2.67. The molecule has 3 aliphatic heterocycles. The van der Waals surface area contributed by atoms with E-state index in [1.165, 1.54) is 7.11 Å². The van der Waals surface area contributed by atoms with Crippen molar-refractivity contribution in [1.29, 1.82) is 0 Å². The molecule has 0 saturated carbocycles. The van der Waals surface area contributed by atoms with E-state index in [2.05, 4.69) is 20.1 Å². The minimum Gasteiger partial charge on any atom is -0.374 e. The summed E-state index contributed by atoms with van der Waals surface area (Å²) < 4.78 is 57.2. The fourth-order valence-corrected chi connectivity index (χ4v) is 6.61. The zero-order valence-corrected chi connectivity index (χ0v) is 29.3. The van der Waals surface area contributed by atoms with Crippen molar-refractivity contribution < 1.29 is 42.6 Å². The molecule has 276 valence electrons. The Hall–Kier alpha value is -4.08. The lowest BCUT2D eigenvalue weighted by atomic mass is 9.93. The molecule has 6 rings (SSSR count). The van der Waals surface area contributed by atoms with Gasteiger partial charge in [0.2, 0.25) is 0 Å². The maximum atomic E-state index is 9.69.